The fourth-order valence-corrected chi connectivity index (χ4v) is 5.30. The van der Waals surface area contributed by atoms with E-state index in [1.807, 2.05) is 84.9 Å². The summed E-state index contributed by atoms with van der Waals surface area (Å²) in [4.78, 5) is 48.9. The average molecular weight is 523 g/mol. The molecule has 2 aliphatic heterocycles. The van der Waals surface area contributed by atoms with E-state index in [0.29, 0.717) is 0 Å². The molecule has 0 spiro atoms. The summed E-state index contributed by atoms with van der Waals surface area (Å²) in [5.41, 5.74) is 7.78. The van der Waals surface area contributed by atoms with Crippen LogP contribution in [0.4, 0.5) is 0 Å². The van der Waals surface area contributed by atoms with Gasteiger partial charge in [-0.1, -0.05) is 72.8 Å². The van der Waals surface area contributed by atoms with Crippen molar-refractivity contribution in [2.75, 3.05) is 0 Å². The van der Waals surface area contributed by atoms with Gasteiger partial charge in [0.2, 0.25) is 0 Å². The quantitative estimate of drug-likeness (QED) is 0.187. The van der Waals surface area contributed by atoms with E-state index in [0.717, 1.165) is 44.5 Å². The standard InChI is InChI=1S/C34H18O6/c35-31-23-13-11-21(15-29(23)33(37)39-31)27-18-26(20-9-5-2-6-10-20)28(17-25(27)19-7-3-1-4-8-19)22-12-14-24-30(16-22)34(38)40-32(24)36/h1-18H. The van der Waals surface area contributed by atoms with Gasteiger partial charge >= 0.3 is 23.9 Å². The van der Waals surface area contributed by atoms with E-state index in [4.69, 9.17) is 9.47 Å². The maximum absolute atomic E-state index is 12.4. The first-order chi connectivity index (χ1) is 19.5. The highest BCUT2D eigenvalue weighted by Gasteiger charge is 2.31. The van der Waals surface area contributed by atoms with Gasteiger partial charge < -0.3 is 9.47 Å². The molecule has 5 aromatic rings. The summed E-state index contributed by atoms with van der Waals surface area (Å²) in [5, 5.41) is 0. The second-order valence-electron chi connectivity index (χ2n) is 9.55. The lowest BCUT2D eigenvalue weighted by atomic mass is 9.84. The van der Waals surface area contributed by atoms with Crippen molar-refractivity contribution < 1.29 is 28.7 Å². The van der Waals surface area contributed by atoms with Crippen LogP contribution in [-0.2, 0) is 9.47 Å². The molecular formula is C34H18O6. The van der Waals surface area contributed by atoms with Crippen LogP contribution in [-0.4, -0.2) is 23.9 Å². The molecule has 0 aromatic heterocycles. The van der Waals surface area contributed by atoms with Gasteiger partial charge in [0.15, 0.2) is 0 Å². The summed E-state index contributed by atoms with van der Waals surface area (Å²) >= 11 is 0. The van der Waals surface area contributed by atoms with Crippen LogP contribution in [0.15, 0.2) is 109 Å². The summed E-state index contributed by atoms with van der Waals surface area (Å²) in [7, 11) is 0. The monoisotopic (exact) mass is 522 g/mol. The molecular weight excluding hydrogens is 504 g/mol. The zero-order valence-corrected chi connectivity index (χ0v) is 20.8. The Morgan fingerprint density at radius 2 is 0.650 bits per heavy atom. The normalized spacial score (nSPS) is 13.6. The van der Waals surface area contributed by atoms with Crippen LogP contribution in [0.1, 0.15) is 41.4 Å². The van der Waals surface area contributed by atoms with Crippen molar-refractivity contribution in [1.29, 1.82) is 0 Å². The van der Waals surface area contributed by atoms with Gasteiger partial charge in [0.25, 0.3) is 0 Å². The van der Waals surface area contributed by atoms with Gasteiger partial charge in [-0.05, 0) is 80.9 Å². The van der Waals surface area contributed by atoms with Crippen molar-refractivity contribution in [2.45, 2.75) is 0 Å². The molecule has 190 valence electrons. The van der Waals surface area contributed by atoms with Crippen molar-refractivity contribution in [1.82, 2.24) is 0 Å². The van der Waals surface area contributed by atoms with Gasteiger partial charge in [0.05, 0.1) is 22.3 Å². The summed E-state index contributed by atoms with van der Waals surface area (Å²) in [6.07, 6.45) is 0. The first-order valence-electron chi connectivity index (χ1n) is 12.6. The molecule has 0 unspecified atom stereocenters. The fourth-order valence-electron chi connectivity index (χ4n) is 5.30. The molecule has 5 aromatic carbocycles. The van der Waals surface area contributed by atoms with Gasteiger partial charge in [-0.25, -0.2) is 19.2 Å². The van der Waals surface area contributed by atoms with E-state index in [1.54, 1.807) is 24.3 Å². The maximum Gasteiger partial charge on any atom is 0.346 e. The molecule has 7 rings (SSSR count). The van der Waals surface area contributed by atoms with E-state index in [9.17, 15) is 19.2 Å². The van der Waals surface area contributed by atoms with Crippen molar-refractivity contribution in [3.63, 3.8) is 0 Å². The summed E-state index contributed by atoms with van der Waals surface area (Å²) in [5.74, 6) is -2.63. The number of carbonyl (C=O) groups is 4. The Labute approximate surface area is 228 Å². The second kappa shape index (κ2) is 8.99. The van der Waals surface area contributed by atoms with Crippen molar-refractivity contribution in [3.05, 3.63) is 131 Å². The van der Waals surface area contributed by atoms with Gasteiger partial charge in [-0.15, -0.1) is 0 Å². The van der Waals surface area contributed by atoms with Crippen LogP contribution in [0, 0.1) is 0 Å². The maximum atomic E-state index is 12.4. The molecule has 0 saturated carbocycles. The smallest absolute Gasteiger partial charge is 0.346 e. The minimum atomic E-state index is -0.664. The minimum Gasteiger partial charge on any atom is -0.386 e. The van der Waals surface area contributed by atoms with Crippen molar-refractivity contribution in [3.8, 4) is 44.5 Å². The Bertz CT molecular complexity index is 1760. The van der Waals surface area contributed by atoms with E-state index >= 15 is 0 Å². The van der Waals surface area contributed by atoms with Crippen molar-refractivity contribution in [2.24, 2.45) is 0 Å². The lowest BCUT2D eigenvalue weighted by Crippen LogP contribution is -1.97. The number of hydrogen-bond acceptors (Lipinski definition) is 6. The number of fused-ring (bicyclic) bond motifs is 2. The zero-order chi connectivity index (χ0) is 27.4. The molecule has 40 heavy (non-hydrogen) atoms. The van der Waals surface area contributed by atoms with Gasteiger partial charge in [0, 0.05) is 0 Å². The van der Waals surface area contributed by atoms with Gasteiger partial charge in [-0.3, -0.25) is 0 Å². The third kappa shape index (κ3) is 3.74. The molecule has 0 N–H and O–H groups in total. The molecule has 0 atom stereocenters. The molecule has 0 aliphatic carbocycles. The van der Waals surface area contributed by atoms with E-state index < -0.39 is 23.9 Å². The predicted molar refractivity (Wildman–Crippen MR) is 148 cm³/mol. The highest BCUT2D eigenvalue weighted by Crippen LogP contribution is 2.43. The van der Waals surface area contributed by atoms with E-state index in [1.165, 1.54) is 0 Å². The van der Waals surface area contributed by atoms with Gasteiger partial charge in [-0.2, -0.15) is 0 Å². The molecule has 6 heteroatoms. The molecule has 0 saturated heterocycles. The van der Waals surface area contributed by atoms with E-state index in [-0.39, 0.29) is 22.3 Å². The van der Waals surface area contributed by atoms with E-state index in [2.05, 4.69) is 0 Å². The number of rotatable bonds is 4. The molecule has 0 amide bonds. The number of carbonyl (C=O) groups excluding carboxylic acids is 4. The number of esters is 4. The third-order valence-corrected chi connectivity index (χ3v) is 7.24. The van der Waals surface area contributed by atoms with Crippen molar-refractivity contribution >= 4 is 23.9 Å². The van der Waals surface area contributed by atoms with Crippen LogP contribution in [0.5, 0.6) is 0 Å². The molecule has 0 radical (unpaired) electrons. The highest BCUT2D eigenvalue weighted by atomic mass is 16.6. The van der Waals surface area contributed by atoms with Crippen LogP contribution in [0.25, 0.3) is 44.5 Å². The number of ether oxygens (including phenoxy) is 2. The molecule has 2 aliphatic rings. The summed E-state index contributed by atoms with van der Waals surface area (Å²) in [6.45, 7) is 0. The third-order valence-electron chi connectivity index (χ3n) is 7.24. The van der Waals surface area contributed by atoms with Gasteiger partial charge in [0.1, 0.15) is 0 Å². The lowest BCUT2D eigenvalue weighted by molar-refractivity contribution is 0.0425. The first kappa shape index (κ1) is 23.5. The number of hydrogen-bond donors (Lipinski definition) is 0. The molecule has 6 nitrogen and oxygen atoms in total. The van der Waals surface area contributed by atoms with Crippen LogP contribution in [0.2, 0.25) is 0 Å². The summed E-state index contributed by atoms with van der Waals surface area (Å²) < 4.78 is 9.64. The van der Waals surface area contributed by atoms with Crippen LogP contribution >= 0.6 is 0 Å². The Hall–Kier alpha value is -5.62. The first-order valence-corrected chi connectivity index (χ1v) is 12.6. The summed E-state index contributed by atoms with van der Waals surface area (Å²) in [6, 6.07) is 34.0. The largest absolute Gasteiger partial charge is 0.386 e. The lowest BCUT2D eigenvalue weighted by Gasteiger charge is -2.18. The topological polar surface area (TPSA) is 86.7 Å². The number of benzene rings is 5. The fraction of sp³-hybridized carbons (Fsp3) is 0. The SMILES string of the molecule is O=C1OC(=O)c2cc(-c3cc(-c4ccccc4)c(-c4ccc5c(c4)C(=O)OC5=O)cc3-c3ccccc3)ccc21. The Kier molecular flexibility index (Phi) is 5.28. The zero-order valence-electron chi connectivity index (χ0n) is 20.8. The minimum absolute atomic E-state index is 0.230. The molecule has 0 fully saturated rings. The molecule has 0 bridgehead atoms. The van der Waals surface area contributed by atoms with Crippen LogP contribution in [0.3, 0.4) is 0 Å². The predicted octanol–water partition coefficient (Wildman–Crippen LogP) is 6.98. The Balaban J connectivity index is 1.52. The second-order valence-corrected chi connectivity index (χ2v) is 9.55. The highest BCUT2D eigenvalue weighted by molar-refractivity contribution is 6.16. The van der Waals surface area contributed by atoms with Crippen LogP contribution < -0.4 is 0 Å². The number of cyclic esters (lactones) is 4. The Morgan fingerprint density at radius 3 is 1.05 bits per heavy atom. The average Bonchev–Trinajstić information content (AvgIpc) is 3.45. The Morgan fingerprint density at radius 1 is 0.300 bits per heavy atom. The molecule has 2 heterocycles.